The van der Waals surface area contributed by atoms with E-state index in [2.05, 4.69) is 9.97 Å². The van der Waals surface area contributed by atoms with E-state index >= 15 is 0 Å². The topological polar surface area (TPSA) is 52.7 Å². The van der Waals surface area contributed by atoms with Crippen LogP contribution < -0.4 is 5.56 Å². The third kappa shape index (κ3) is 3.19. The second-order valence-corrected chi connectivity index (χ2v) is 6.06. The number of nitrogens with zero attached hydrogens (tertiary/aromatic N) is 4. The number of imidazole rings is 1. The molecule has 3 rings (SSSR count). The van der Waals surface area contributed by atoms with Gasteiger partial charge in [0.15, 0.2) is 0 Å². The molecule has 0 aliphatic carbocycles. The zero-order valence-corrected chi connectivity index (χ0v) is 14.0. The first-order chi connectivity index (χ1) is 10.9. The minimum atomic E-state index is -0.0156. The van der Waals surface area contributed by atoms with E-state index < -0.39 is 0 Å². The van der Waals surface area contributed by atoms with Crippen LogP contribution in [0.3, 0.4) is 0 Å². The Balaban J connectivity index is 2.04. The summed E-state index contributed by atoms with van der Waals surface area (Å²) in [7, 11) is 1.73. The Bertz CT molecular complexity index is 883. The highest BCUT2D eigenvalue weighted by Gasteiger charge is 2.12. The molecule has 0 amide bonds. The summed E-state index contributed by atoms with van der Waals surface area (Å²) >= 11 is 6.10. The Kier molecular flexibility index (Phi) is 4.05. The van der Waals surface area contributed by atoms with Gasteiger partial charge >= 0.3 is 0 Å². The van der Waals surface area contributed by atoms with Crippen molar-refractivity contribution in [3.05, 3.63) is 69.1 Å². The fourth-order valence-electron chi connectivity index (χ4n) is 2.50. The van der Waals surface area contributed by atoms with Crippen molar-refractivity contribution in [2.45, 2.75) is 20.4 Å². The van der Waals surface area contributed by atoms with Gasteiger partial charge < -0.3 is 9.13 Å². The molecule has 0 fully saturated rings. The Labute approximate surface area is 139 Å². The second kappa shape index (κ2) is 6.01. The van der Waals surface area contributed by atoms with Crippen LogP contribution in [0.4, 0.5) is 0 Å². The summed E-state index contributed by atoms with van der Waals surface area (Å²) in [6.45, 7) is 4.36. The van der Waals surface area contributed by atoms with E-state index in [9.17, 15) is 4.79 Å². The summed E-state index contributed by atoms with van der Waals surface area (Å²) in [6.07, 6.45) is 5.38. The minimum Gasteiger partial charge on any atom is -0.323 e. The van der Waals surface area contributed by atoms with Gasteiger partial charge in [0.25, 0.3) is 5.56 Å². The zero-order valence-electron chi connectivity index (χ0n) is 13.2. The molecular formula is C17H17ClN4O. The molecule has 0 radical (unpaired) electrons. The fraction of sp³-hybridized carbons (Fsp3) is 0.235. The average molecular weight is 329 g/mol. The quantitative estimate of drug-likeness (QED) is 0.742. The van der Waals surface area contributed by atoms with Gasteiger partial charge in [0, 0.05) is 36.8 Å². The standard InChI is InChI=1S/C17H17ClN4O/c1-11-4-5-14(19-7-11)9-22-10-15(18)20-16(22)13-6-12(2)17(23)21(3)8-13/h4-8,10H,9H2,1-3H3. The van der Waals surface area contributed by atoms with Gasteiger partial charge in [-0.15, -0.1) is 0 Å². The van der Waals surface area contributed by atoms with Crippen LogP contribution in [-0.4, -0.2) is 19.1 Å². The van der Waals surface area contributed by atoms with E-state index in [1.165, 1.54) is 0 Å². The van der Waals surface area contributed by atoms with Crippen molar-refractivity contribution in [1.82, 2.24) is 19.1 Å². The van der Waals surface area contributed by atoms with Crippen molar-refractivity contribution in [3.8, 4) is 11.4 Å². The lowest BCUT2D eigenvalue weighted by molar-refractivity contribution is 0.776. The number of pyridine rings is 2. The summed E-state index contributed by atoms with van der Waals surface area (Å²) in [5.74, 6) is 0.719. The number of aryl methyl sites for hydroxylation is 3. The predicted octanol–water partition coefficient (Wildman–Crippen LogP) is 2.96. The van der Waals surface area contributed by atoms with Crippen molar-refractivity contribution in [1.29, 1.82) is 0 Å². The molecule has 0 spiro atoms. The average Bonchev–Trinajstić information content (AvgIpc) is 2.87. The van der Waals surface area contributed by atoms with E-state index in [1.807, 2.05) is 35.9 Å². The molecule has 0 saturated heterocycles. The molecule has 0 aliphatic rings. The van der Waals surface area contributed by atoms with Crippen molar-refractivity contribution < 1.29 is 0 Å². The lowest BCUT2D eigenvalue weighted by atomic mass is 10.2. The van der Waals surface area contributed by atoms with Crippen LogP contribution in [0.5, 0.6) is 0 Å². The molecular weight excluding hydrogens is 312 g/mol. The lowest BCUT2D eigenvalue weighted by Gasteiger charge is -2.09. The predicted molar refractivity (Wildman–Crippen MR) is 90.7 cm³/mol. The maximum absolute atomic E-state index is 11.9. The van der Waals surface area contributed by atoms with E-state index in [4.69, 9.17) is 11.6 Å². The number of hydrogen-bond donors (Lipinski definition) is 0. The summed E-state index contributed by atoms with van der Waals surface area (Å²) in [5.41, 5.74) is 3.55. The Morgan fingerprint density at radius 3 is 2.65 bits per heavy atom. The molecule has 23 heavy (non-hydrogen) atoms. The van der Waals surface area contributed by atoms with E-state index in [0.29, 0.717) is 17.3 Å². The SMILES string of the molecule is Cc1ccc(Cn2cc(Cl)nc2-c2cc(C)c(=O)n(C)c2)nc1. The zero-order chi connectivity index (χ0) is 16.6. The van der Waals surface area contributed by atoms with Crippen molar-refractivity contribution >= 4 is 11.6 Å². The lowest BCUT2D eigenvalue weighted by Crippen LogP contribution is -2.18. The Hall–Kier alpha value is -2.40. The summed E-state index contributed by atoms with van der Waals surface area (Å²) < 4.78 is 3.50. The van der Waals surface area contributed by atoms with E-state index in [1.54, 1.807) is 30.9 Å². The van der Waals surface area contributed by atoms with E-state index in [0.717, 1.165) is 22.6 Å². The van der Waals surface area contributed by atoms with Gasteiger partial charge in [-0.25, -0.2) is 4.98 Å². The van der Waals surface area contributed by atoms with Crippen LogP contribution in [0.15, 0.2) is 41.6 Å². The first-order valence-electron chi connectivity index (χ1n) is 7.26. The number of hydrogen-bond acceptors (Lipinski definition) is 3. The molecule has 118 valence electrons. The van der Waals surface area contributed by atoms with Gasteiger partial charge in [0.1, 0.15) is 11.0 Å². The second-order valence-electron chi connectivity index (χ2n) is 5.67. The van der Waals surface area contributed by atoms with Gasteiger partial charge in [-0.05, 0) is 31.5 Å². The first-order valence-corrected chi connectivity index (χ1v) is 7.63. The normalized spacial score (nSPS) is 11.0. The largest absolute Gasteiger partial charge is 0.323 e. The van der Waals surface area contributed by atoms with Crippen LogP contribution in [0.25, 0.3) is 11.4 Å². The molecule has 0 saturated carbocycles. The van der Waals surface area contributed by atoms with Crippen molar-refractivity contribution in [2.24, 2.45) is 7.05 Å². The molecule has 3 aromatic heterocycles. The minimum absolute atomic E-state index is 0.0156. The Morgan fingerprint density at radius 1 is 1.22 bits per heavy atom. The number of halogens is 1. The third-order valence-electron chi connectivity index (χ3n) is 3.67. The monoisotopic (exact) mass is 328 g/mol. The van der Waals surface area contributed by atoms with Crippen molar-refractivity contribution in [2.75, 3.05) is 0 Å². The highest BCUT2D eigenvalue weighted by molar-refractivity contribution is 6.29. The van der Waals surface area contributed by atoms with Crippen LogP contribution >= 0.6 is 11.6 Å². The highest BCUT2D eigenvalue weighted by atomic mass is 35.5. The molecule has 5 nitrogen and oxygen atoms in total. The molecule has 0 aliphatic heterocycles. The molecule has 0 unspecified atom stereocenters. The molecule has 0 aromatic carbocycles. The molecule has 0 N–H and O–H groups in total. The number of rotatable bonds is 3. The van der Waals surface area contributed by atoms with Gasteiger partial charge in [0.05, 0.1) is 12.2 Å². The molecule has 6 heteroatoms. The first kappa shape index (κ1) is 15.5. The van der Waals surface area contributed by atoms with Crippen LogP contribution in [0.1, 0.15) is 16.8 Å². The summed E-state index contributed by atoms with van der Waals surface area (Å²) in [6, 6.07) is 5.84. The maximum atomic E-state index is 11.9. The fourth-order valence-corrected chi connectivity index (χ4v) is 2.70. The molecule has 3 aromatic rings. The van der Waals surface area contributed by atoms with E-state index in [-0.39, 0.29) is 5.56 Å². The smallest absolute Gasteiger partial charge is 0.253 e. The number of aromatic nitrogens is 4. The van der Waals surface area contributed by atoms with Gasteiger partial charge in [-0.3, -0.25) is 9.78 Å². The molecule has 0 atom stereocenters. The third-order valence-corrected chi connectivity index (χ3v) is 3.85. The highest BCUT2D eigenvalue weighted by Crippen LogP contribution is 2.22. The molecule has 3 heterocycles. The molecule has 0 bridgehead atoms. The van der Waals surface area contributed by atoms with Gasteiger partial charge in [0.2, 0.25) is 0 Å². The van der Waals surface area contributed by atoms with Crippen molar-refractivity contribution in [3.63, 3.8) is 0 Å². The van der Waals surface area contributed by atoms with Crippen LogP contribution in [0, 0.1) is 13.8 Å². The maximum Gasteiger partial charge on any atom is 0.253 e. The summed E-state index contributed by atoms with van der Waals surface area (Å²) in [5, 5.41) is 0.415. The van der Waals surface area contributed by atoms with Gasteiger partial charge in [-0.1, -0.05) is 17.7 Å². The van der Waals surface area contributed by atoms with Gasteiger partial charge in [-0.2, -0.15) is 0 Å². The summed E-state index contributed by atoms with van der Waals surface area (Å²) in [4.78, 5) is 20.7. The van der Waals surface area contributed by atoms with Crippen LogP contribution in [0.2, 0.25) is 5.15 Å². The Morgan fingerprint density at radius 2 is 2.00 bits per heavy atom. The van der Waals surface area contributed by atoms with Crippen LogP contribution in [-0.2, 0) is 13.6 Å².